The summed E-state index contributed by atoms with van der Waals surface area (Å²) in [4.78, 5) is 15.6. The summed E-state index contributed by atoms with van der Waals surface area (Å²) in [6.45, 7) is 5.34. The largest absolute Gasteiger partial charge is 0.368 e. The zero-order valence-electron chi connectivity index (χ0n) is 14.6. The second kappa shape index (κ2) is 7.16. The van der Waals surface area contributed by atoms with E-state index >= 15 is 0 Å². The smallest absolute Gasteiger partial charge is 0.143 e. The summed E-state index contributed by atoms with van der Waals surface area (Å²) in [6.07, 6.45) is 4.09. The van der Waals surface area contributed by atoms with Crippen molar-refractivity contribution in [2.24, 2.45) is 0 Å². The Hall–Kier alpha value is -2.88. The van der Waals surface area contributed by atoms with Gasteiger partial charge in [0.25, 0.3) is 0 Å². The molecule has 2 aliphatic rings. The Bertz CT molecular complexity index is 819. The molecule has 3 heterocycles. The number of piperazine rings is 1. The third kappa shape index (κ3) is 3.27. The molecule has 134 valence electrons. The number of anilines is 3. The standard InChI is InChI=1S/C19H21FN6/c20-17-11-16(4-3-15(17)13-21)24-7-9-26(10-8-24)19-12-18(22-14-23-19)25-5-1-2-6-25/h3-4,11-12,14H,1-2,5-10H2. The van der Waals surface area contributed by atoms with Crippen molar-refractivity contribution in [1.29, 1.82) is 5.26 Å². The first-order chi connectivity index (χ1) is 12.7. The highest BCUT2D eigenvalue weighted by Crippen LogP contribution is 2.24. The summed E-state index contributed by atoms with van der Waals surface area (Å²) >= 11 is 0. The van der Waals surface area contributed by atoms with Gasteiger partial charge in [-0.1, -0.05) is 0 Å². The van der Waals surface area contributed by atoms with E-state index in [0.717, 1.165) is 56.6 Å². The van der Waals surface area contributed by atoms with E-state index in [1.165, 1.54) is 18.9 Å². The van der Waals surface area contributed by atoms with Gasteiger partial charge in [0.15, 0.2) is 0 Å². The van der Waals surface area contributed by atoms with Gasteiger partial charge in [-0.15, -0.1) is 0 Å². The van der Waals surface area contributed by atoms with Crippen LogP contribution in [-0.2, 0) is 0 Å². The quantitative estimate of drug-likeness (QED) is 0.845. The van der Waals surface area contributed by atoms with E-state index in [9.17, 15) is 4.39 Å². The third-order valence-corrected chi connectivity index (χ3v) is 5.11. The van der Waals surface area contributed by atoms with Crippen LogP contribution in [0.4, 0.5) is 21.7 Å². The van der Waals surface area contributed by atoms with Gasteiger partial charge in [0.05, 0.1) is 5.56 Å². The lowest BCUT2D eigenvalue weighted by Crippen LogP contribution is -2.47. The predicted molar refractivity (Wildman–Crippen MR) is 99.0 cm³/mol. The number of rotatable bonds is 3. The highest BCUT2D eigenvalue weighted by atomic mass is 19.1. The Balaban J connectivity index is 1.43. The maximum atomic E-state index is 13.9. The van der Waals surface area contributed by atoms with Crippen molar-refractivity contribution in [3.05, 3.63) is 42.0 Å². The van der Waals surface area contributed by atoms with Crippen LogP contribution in [0.15, 0.2) is 30.6 Å². The van der Waals surface area contributed by atoms with Crippen LogP contribution in [0.5, 0.6) is 0 Å². The van der Waals surface area contributed by atoms with Crippen LogP contribution in [0.1, 0.15) is 18.4 Å². The van der Waals surface area contributed by atoms with E-state index in [1.54, 1.807) is 12.4 Å². The van der Waals surface area contributed by atoms with Gasteiger partial charge in [-0.3, -0.25) is 0 Å². The van der Waals surface area contributed by atoms with Crippen molar-refractivity contribution in [2.75, 3.05) is 54.0 Å². The molecule has 1 aromatic heterocycles. The molecule has 6 nitrogen and oxygen atoms in total. The molecule has 2 fully saturated rings. The molecule has 0 saturated carbocycles. The molecule has 0 amide bonds. The van der Waals surface area contributed by atoms with E-state index in [2.05, 4.69) is 30.7 Å². The summed E-state index contributed by atoms with van der Waals surface area (Å²) in [7, 11) is 0. The van der Waals surface area contributed by atoms with Gasteiger partial charge in [0.1, 0.15) is 29.8 Å². The minimum absolute atomic E-state index is 0.0859. The van der Waals surface area contributed by atoms with Gasteiger partial charge in [0.2, 0.25) is 0 Å². The van der Waals surface area contributed by atoms with Crippen molar-refractivity contribution < 1.29 is 4.39 Å². The molecule has 0 N–H and O–H groups in total. The number of hydrogen-bond acceptors (Lipinski definition) is 6. The first-order valence-electron chi connectivity index (χ1n) is 9.01. The Kier molecular flexibility index (Phi) is 4.57. The Morgan fingerprint density at radius 1 is 0.846 bits per heavy atom. The van der Waals surface area contributed by atoms with Gasteiger partial charge in [-0.25, -0.2) is 14.4 Å². The van der Waals surface area contributed by atoms with Crippen LogP contribution in [0.2, 0.25) is 0 Å². The number of nitriles is 1. The number of halogens is 1. The zero-order chi connectivity index (χ0) is 17.9. The molecule has 7 heteroatoms. The summed E-state index contributed by atoms with van der Waals surface area (Å²) in [5, 5.41) is 8.86. The van der Waals surface area contributed by atoms with Gasteiger partial charge >= 0.3 is 0 Å². The highest BCUT2D eigenvalue weighted by Gasteiger charge is 2.21. The SMILES string of the molecule is N#Cc1ccc(N2CCN(c3cc(N4CCCC4)ncn3)CC2)cc1F. The second-order valence-electron chi connectivity index (χ2n) is 6.68. The summed E-state index contributed by atoms with van der Waals surface area (Å²) < 4.78 is 13.9. The van der Waals surface area contributed by atoms with Crippen molar-refractivity contribution >= 4 is 17.3 Å². The number of hydrogen-bond donors (Lipinski definition) is 0. The molecule has 0 aliphatic carbocycles. The van der Waals surface area contributed by atoms with E-state index in [1.807, 2.05) is 12.1 Å². The van der Waals surface area contributed by atoms with Gasteiger partial charge in [0, 0.05) is 51.0 Å². The van der Waals surface area contributed by atoms with Crippen LogP contribution in [0, 0.1) is 17.1 Å². The lowest BCUT2D eigenvalue weighted by Gasteiger charge is -2.37. The van der Waals surface area contributed by atoms with Crippen LogP contribution in [0.25, 0.3) is 0 Å². The van der Waals surface area contributed by atoms with Crippen LogP contribution < -0.4 is 14.7 Å². The topological polar surface area (TPSA) is 59.3 Å². The van der Waals surface area contributed by atoms with Crippen LogP contribution >= 0.6 is 0 Å². The molecule has 0 radical (unpaired) electrons. The van der Waals surface area contributed by atoms with Gasteiger partial charge in [-0.2, -0.15) is 5.26 Å². The number of nitrogens with zero attached hydrogens (tertiary/aromatic N) is 6. The minimum Gasteiger partial charge on any atom is -0.368 e. The number of benzene rings is 1. The molecule has 2 aromatic rings. The second-order valence-corrected chi connectivity index (χ2v) is 6.68. The molecule has 0 bridgehead atoms. The fourth-order valence-corrected chi connectivity index (χ4v) is 3.61. The number of aromatic nitrogens is 2. The monoisotopic (exact) mass is 352 g/mol. The fourth-order valence-electron chi connectivity index (χ4n) is 3.61. The molecule has 2 aliphatic heterocycles. The first-order valence-corrected chi connectivity index (χ1v) is 9.01. The highest BCUT2D eigenvalue weighted by molar-refractivity contribution is 5.54. The zero-order valence-corrected chi connectivity index (χ0v) is 14.6. The summed E-state index contributed by atoms with van der Waals surface area (Å²) in [5.74, 6) is 1.50. The third-order valence-electron chi connectivity index (χ3n) is 5.11. The molecule has 26 heavy (non-hydrogen) atoms. The molecule has 0 spiro atoms. The summed E-state index contributed by atoms with van der Waals surface area (Å²) in [5.41, 5.74) is 0.907. The lowest BCUT2D eigenvalue weighted by atomic mass is 10.2. The van der Waals surface area contributed by atoms with Crippen molar-refractivity contribution in [1.82, 2.24) is 9.97 Å². The van der Waals surface area contributed by atoms with Crippen LogP contribution in [0.3, 0.4) is 0 Å². The predicted octanol–water partition coefficient (Wildman–Crippen LogP) is 2.41. The molecule has 0 unspecified atom stereocenters. The van der Waals surface area contributed by atoms with E-state index in [4.69, 9.17) is 5.26 Å². The van der Waals surface area contributed by atoms with E-state index in [0.29, 0.717) is 0 Å². The molecule has 4 rings (SSSR count). The molecular weight excluding hydrogens is 331 g/mol. The summed E-state index contributed by atoms with van der Waals surface area (Å²) in [6, 6.07) is 8.74. The first kappa shape index (κ1) is 16.6. The molecular formula is C19H21FN6. The van der Waals surface area contributed by atoms with Crippen molar-refractivity contribution in [3.63, 3.8) is 0 Å². The Morgan fingerprint density at radius 2 is 1.46 bits per heavy atom. The Morgan fingerprint density at radius 3 is 2.08 bits per heavy atom. The van der Waals surface area contributed by atoms with Crippen molar-refractivity contribution in [3.8, 4) is 6.07 Å². The molecule has 2 saturated heterocycles. The molecule has 1 aromatic carbocycles. The van der Waals surface area contributed by atoms with Gasteiger partial charge < -0.3 is 14.7 Å². The van der Waals surface area contributed by atoms with Gasteiger partial charge in [-0.05, 0) is 31.0 Å². The van der Waals surface area contributed by atoms with E-state index in [-0.39, 0.29) is 5.56 Å². The normalized spacial score (nSPS) is 17.5. The van der Waals surface area contributed by atoms with Crippen molar-refractivity contribution in [2.45, 2.75) is 12.8 Å². The average molecular weight is 352 g/mol. The molecule has 0 atom stereocenters. The maximum absolute atomic E-state index is 13.9. The van der Waals surface area contributed by atoms with Crippen LogP contribution in [-0.4, -0.2) is 49.2 Å². The maximum Gasteiger partial charge on any atom is 0.143 e. The van der Waals surface area contributed by atoms with E-state index < -0.39 is 5.82 Å². The Labute approximate surface area is 152 Å². The minimum atomic E-state index is -0.460. The lowest BCUT2D eigenvalue weighted by molar-refractivity contribution is 0.616. The fraction of sp³-hybridized carbons (Fsp3) is 0.421. The average Bonchev–Trinajstić information content (AvgIpc) is 3.23.